The second kappa shape index (κ2) is 4.06. The first-order valence-corrected chi connectivity index (χ1v) is 4.28. The zero-order valence-corrected chi connectivity index (χ0v) is 8.04. The van der Waals surface area contributed by atoms with Gasteiger partial charge in [0.15, 0.2) is 0 Å². The van der Waals surface area contributed by atoms with Crippen molar-refractivity contribution in [2.45, 2.75) is 26.3 Å². The van der Waals surface area contributed by atoms with Crippen molar-refractivity contribution in [1.29, 1.82) is 0 Å². The van der Waals surface area contributed by atoms with E-state index in [9.17, 15) is 0 Å². The molecule has 0 amide bonds. The fourth-order valence-corrected chi connectivity index (χ4v) is 1.33. The highest BCUT2D eigenvalue weighted by Gasteiger charge is 2.07. The van der Waals surface area contributed by atoms with Gasteiger partial charge in [-0.2, -0.15) is 0 Å². The van der Waals surface area contributed by atoms with E-state index in [1.165, 1.54) is 0 Å². The summed E-state index contributed by atoms with van der Waals surface area (Å²) in [5, 5.41) is 0. The van der Waals surface area contributed by atoms with Crippen LogP contribution in [0.1, 0.15) is 29.4 Å². The molecule has 1 aromatic heterocycles. The van der Waals surface area contributed by atoms with Crippen molar-refractivity contribution in [3.8, 4) is 12.3 Å². The normalized spacial score (nSPS) is 12.2. The maximum Gasteiger partial charge on any atom is 0.0423 e. The Morgan fingerprint density at radius 2 is 2.23 bits per heavy atom. The van der Waals surface area contributed by atoms with E-state index in [-0.39, 0.29) is 6.04 Å². The standard InChI is InChI=1S/C11H14N2/c1-4-5-11(12)10-7-6-8(2)13-9(10)3/h1,6-7,11H,5,12H2,2-3H3. The molecule has 1 rings (SSSR count). The van der Waals surface area contributed by atoms with E-state index >= 15 is 0 Å². The summed E-state index contributed by atoms with van der Waals surface area (Å²) < 4.78 is 0. The molecule has 13 heavy (non-hydrogen) atoms. The van der Waals surface area contributed by atoms with Gasteiger partial charge in [0.25, 0.3) is 0 Å². The molecule has 2 heteroatoms. The Kier molecular flexibility index (Phi) is 3.05. The molecule has 2 N–H and O–H groups in total. The van der Waals surface area contributed by atoms with Gasteiger partial charge in [0.1, 0.15) is 0 Å². The molecule has 0 spiro atoms. The molecule has 2 nitrogen and oxygen atoms in total. The molecule has 1 atom stereocenters. The van der Waals surface area contributed by atoms with Crippen LogP contribution in [-0.2, 0) is 0 Å². The van der Waals surface area contributed by atoms with Crippen molar-refractivity contribution in [2.75, 3.05) is 0 Å². The average molecular weight is 174 g/mol. The minimum Gasteiger partial charge on any atom is -0.323 e. The fourth-order valence-electron chi connectivity index (χ4n) is 1.33. The van der Waals surface area contributed by atoms with Gasteiger partial charge in [-0.1, -0.05) is 6.07 Å². The summed E-state index contributed by atoms with van der Waals surface area (Å²) in [5.41, 5.74) is 8.90. The Balaban J connectivity index is 2.96. The third kappa shape index (κ3) is 2.30. The van der Waals surface area contributed by atoms with Crippen LogP contribution in [0, 0.1) is 26.2 Å². The largest absolute Gasteiger partial charge is 0.323 e. The lowest BCUT2D eigenvalue weighted by Gasteiger charge is -2.11. The van der Waals surface area contributed by atoms with Crippen molar-refractivity contribution in [3.63, 3.8) is 0 Å². The Bertz CT molecular complexity index is 336. The second-order valence-corrected chi connectivity index (χ2v) is 3.14. The summed E-state index contributed by atoms with van der Waals surface area (Å²) in [6.07, 6.45) is 5.76. The van der Waals surface area contributed by atoms with Crippen LogP contribution in [-0.4, -0.2) is 4.98 Å². The van der Waals surface area contributed by atoms with Crippen molar-refractivity contribution in [3.05, 3.63) is 29.1 Å². The predicted octanol–water partition coefficient (Wildman–Crippen LogP) is 1.72. The van der Waals surface area contributed by atoms with Gasteiger partial charge < -0.3 is 5.73 Å². The highest BCUT2D eigenvalue weighted by atomic mass is 14.7. The Labute approximate surface area is 79.2 Å². The molecule has 0 aliphatic carbocycles. The van der Waals surface area contributed by atoms with Crippen molar-refractivity contribution < 1.29 is 0 Å². The summed E-state index contributed by atoms with van der Waals surface area (Å²) in [6, 6.07) is 3.87. The number of aryl methyl sites for hydroxylation is 2. The molecular formula is C11H14N2. The van der Waals surface area contributed by atoms with E-state index in [1.807, 2.05) is 26.0 Å². The highest BCUT2D eigenvalue weighted by molar-refractivity contribution is 5.25. The third-order valence-electron chi connectivity index (χ3n) is 2.00. The van der Waals surface area contributed by atoms with Crippen LogP contribution in [0.3, 0.4) is 0 Å². The zero-order valence-electron chi connectivity index (χ0n) is 8.04. The molecule has 0 fully saturated rings. The van der Waals surface area contributed by atoms with Gasteiger partial charge in [-0.3, -0.25) is 4.98 Å². The summed E-state index contributed by atoms with van der Waals surface area (Å²) in [4.78, 5) is 4.33. The molecule has 0 saturated carbocycles. The number of hydrogen-bond acceptors (Lipinski definition) is 2. The molecule has 1 unspecified atom stereocenters. The Morgan fingerprint density at radius 1 is 1.54 bits per heavy atom. The van der Waals surface area contributed by atoms with Crippen LogP contribution in [0.5, 0.6) is 0 Å². The number of nitrogens with zero attached hydrogens (tertiary/aromatic N) is 1. The lowest BCUT2D eigenvalue weighted by molar-refractivity contribution is 0.739. The van der Waals surface area contributed by atoms with Gasteiger partial charge >= 0.3 is 0 Å². The number of aromatic nitrogens is 1. The molecule has 0 saturated heterocycles. The van der Waals surface area contributed by atoms with Crippen LogP contribution in [0.15, 0.2) is 12.1 Å². The molecule has 1 heterocycles. The molecule has 0 radical (unpaired) electrons. The van der Waals surface area contributed by atoms with Gasteiger partial charge in [0, 0.05) is 23.9 Å². The van der Waals surface area contributed by atoms with Crippen molar-refractivity contribution in [2.24, 2.45) is 5.73 Å². The SMILES string of the molecule is C#CCC(N)c1ccc(C)nc1C. The first-order chi connectivity index (χ1) is 6.15. The second-order valence-electron chi connectivity index (χ2n) is 3.14. The monoisotopic (exact) mass is 174 g/mol. The minimum absolute atomic E-state index is 0.0851. The van der Waals surface area contributed by atoms with Gasteiger partial charge in [-0.15, -0.1) is 12.3 Å². The molecule has 68 valence electrons. The number of rotatable bonds is 2. The summed E-state index contributed by atoms with van der Waals surface area (Å²) in [6.45, 7) is 3.92. The van der Waals surface area contributed by atoms with Gasteiger partial charge in [0.05, 0.1) is 0 Å². The maximum absolute atomic E-state index is 5.87. The minimum atomic E-state index is -0.0851. The highest BCUT2D eigenvalue weighted by Crippen LogP contribution is 2.16. The smallest absolute Gasteiger partial charge is 0.0423 e. The van der Waals surface area contributed by atoms with E-state index in [0.29, 0.717) is 6.42 Å². The first kappa shape index (κ1) is 9.76. The first-order valence-electron chi connectivity index (χ1n) is 4.28. The van der Waals surface area contributed by atoms with Crippen LogP contribution < -0.4 is 5.73 Å². The Morgan fingerprint density at radius 3 is 2.77 bits per heavy atom. The van der Waals surface area contributed by atoms with Crippen LogP contribution >= 0.6 is 0 Å². The third-order valence-corrected chi connectivity index (χ3v) is 2.00. The number of terminal acetylenes is 1. The maximum atomic E-state index is 5.87. The van der Waals surface area contributed by atoms with Gasteiger partial charge in [0.2, 0.25) is 0 Å². The van der Waals surface area contributed by atoms with E-state index in [0.717, 1.165) is 17.0 Å². The van der Waals surface area contributed by atoms with Gasteiger partial charge in [-0.05, 0) is 25.5 Å². The topological polar surface area (TPSA) is 38.9 Å². The van der Waals surface area contributed by atoms with E-state index in [2.05, 4.69) is 10.9 Å². The van der Waals surface area contributed by atoms with E-state index in [1.54, 1.807) is 0 Å². The average Bonchev–Trinajstić information content (AvgIpc) is 2.04. The molecule has 0 aromatic carbocycles. The summed E-state index contributed by atoms with van der Waals surface area (Å²) in [7, 11) is 0. The van der Waals surface area contributed by atoms with Crippen LogP contribution in [0.2, 0.25) is 0 Å². The molecule has 0 bridgehead atoms. The van der Waals surface area contributed by atoms with Crippen molar-refractivity contribution in [1.82, 2.24) is 4.98 Å². The van der Waals surface area contributed by atoms with Crippen molar-refractivity contribution >= 4 is 0 Å². The van der Waals surface area contributed by atoms with Gasteiger partial charge in [-0.25, -0.2) is 0 Å². The summed E-state index contributed by atoms with van der Waals surface area (Å²) >= 11 is 0. The Hall–Kier alpha value is -1.33. The van der Waals surface area contributed by atoms with Crippen LogP contribution in [0.4, 0.5) is 0 Å². The fraction of sp³-hybridized carbons (Fsp3) is 0.364. The number of hydrogen-bond donors (Lipinski definition) is 1. The van der Waals surface area contributed by atoms with E-state index < -0.39 is 0 Å². The van der Waals surface area contributed by atoms with Crippen LogP contribution in [0.25, 0.3) is 0 Å². The summed E-state index contributed by atoms with van der Waals surface area (Å²) in [5.74, 6) is 2.56. The lowest BCUT2D eigenvalue weighted by atomic mass is 10.0. The predicted molar refractivity (Wildman–Crippen MR) is 54.1 cm³/mol. The van der Waals surface area contributed by atoms with E-state index in [4.69, 9.17) is 12.2 Å². The molecule has 1 aromatic rings. The number of nitrogens with two attached hydrogens (primary N) is 1. The lowest BCUT2D eigenvalue weighted by Crippen LogP contribution is -2.11. The molecule has 0 aliphatic heterocycles. The molecule has 0 aliphatic rings. The number of pyridine rings is 1. The molecular weight excluding hydrogens is 160 g/mol. The zero-order chi connectivity index (χ0) is 9.84. The quantitative estimate of drug-likeness (QED) is 0.693.